The lowest BCUT2D eigenvalue weighted by molar-refractivity contribution is 0.115. The van der Waals surface area contributed by atoms with Gasteiger partial charge in [0.05, 0.1) is 5.60 Å². The molecule has 0 heterocycles. The molecule has 1 aliphatic carbocycles. The van der Waals surface area contributed by atoms with E-state index in [4.69, 9.17) is 0 Å². The van der Waals surface area contributed by atoms with Gasteiger partial charge in [-0.25, -0.2) is 0 Å². The quantitative estimate of drug-likeness (QED) is 0.834. The minimum Gasteiger partial charge on any atom is -0.386 e. The Morgan fingerprint density at radius 2 is 1.36 bits per heavy atom. The van der Waals surface area contributed by atoms with Crippen LogP contribution in [0.5, 0.6) is 0 Å². The largest absolute Gasteiger partial charge is 0.386 e. The van der Waals surface area contributed by atoms with Crippen LogP contribution < -0.4 is 0 Å². The van der Waals surface area contributed by atoms with Crippen LogP contribution in [0.15, 0.2) is 60.7 Å². The summed E-state index contributed by atoms with van der Waals surface area (Å²) >= 11 is 0. The van der Waals surface area contributed by atoms with Crippen molar-refractivity contribution in [3.63, 3.8) is 0 Å². The molecule has 0 fully saturated rings. The second-order valence-electron chi connectivity index (χ2n) is 6.57. The topological polar surface area (TPSA) is 40.5 Å². The maximum Gasteiger partial charge on any atom is 0.134 e. The van der Waals surface area contributed by atoms with Gasteiger partial charge < -0.3 is 10.2 Å². The number of aliphatic hydroxyl groups is 2. The molecule has 3 rings (SSSR count). The van der Waals surface area contributed by atoms with Crippen molar-refractivity contribution in [2.24, 2.45) is 0 Å². The van der Waals surface area contributed by atoms with Crippen LogP contribution in [0.25, 0.3) is 0 Å². The highest BCUT2D eigenvalue weighted by Crippen LogP contribution is 2.39. The number of fused-ring (bicyclic) bond motifs is 2. The molecule has 0 aliphatic heterocycles. The Hall–Kier alpha value is -1.90. The predicted octanol–water partition coefficient (Wildman–Crippen LogP) is 3.35. The summed E-state index contributed by atoms with van der Waals surface area (Å²) in [5.41, 5.74) is 1.94. The smallest absolute Gasteiger partial charge is 0.134 e. The van der Waals surface area contributed by atoms with Crippen LogP contribution in [0.3, 0.4) is 0 Å². The van der Waals surface area contributed by atoms with Crippen molar-refractivity contribution >= 4 is 0 Å². The van der Waals surface area contributed by atoms with Gasteiger partial charge in [0, 0.05) is 0 Å². The summed E-state index contributed by atoms with van der Waals surface area (Å²) in [7, 11) is 0. The lowest BCUT2D eigenvalue weighted by atomic mass is 9.82. The van der Waals surface area contributed by atoms with Crippen LogP contribution in [0.1, 0.15) is 36.1 Å². The average molecular weight is 294 g/mol. The lowest BCUT2D eigenvalue weighted by Crippen LogP contribution is -2.27. The van der Waals surface area contributed by atoms with Crippen molar-refractivity contribution in [3.8, 4) is 0 Å². The van der Waals surface area contributed by atoms with Crippen molar-refractivity contribution < 1.29 is 10.2 Å². The van der Waals surface area contributed by atoms with Crippen LogP contribution in [-0.4, -0.2) is 15.8 Å². The Bertz CT molecular complexity index is 660. The van der Waals surface area contributed by atoms with E-state index in [1.807, 2.05) is 36.4 Å². The van der Waals surface area contributed by atoms with Gasteiger partial charge in [0.2, 0.25) is 0 Å². The molecular formula is C20H22O2. The van der Waals surface area contributed by atoms with E-state index in [0.717, 1.165) is 35.1 Å². The van der Waals surface area contributed by atoms with Crippen LogP contribution in [0.2, 0.25) is 0 Å². The summed E-state index contributed by atoms with van der Waals surface area (Å²) < 4.78 is 0. The van der Waals surface area contributed by atoms with E-state index < -0.39 is 11.2 Å². The first-order valence-electron chi connectivity index (χ1n) is 7.72. The van der Waals surface area contributed by atoms with E-state index in [1.165, 1.54) is 0 Å². The second-order valence-corrected chi connectivity index (χ2v) is 6.57. The Morgan fingerprint density at radius 3 is 1.82 bits per heavy atom. The molecule has 2 N–H and O–H groups in total. The third kappa shape index (κ3) is 2.72. The van der Waals surface area contributed by atoms with Gasteiger partial charge >= 0.3 is 0 Å². The highest BCUT2D eigenvalue weighted by Gasteiger charge is 2.35. The zero-order chi connectivity index (χ0) is 15.8. The van der Waals surface area contributed by atoms with Crippen LogP contribution in [-0.2, 0) is 18.4 Å². The van der Waals surface area contributed by atoms with Gasteiger partial charge in [-0.1, -0.05) is 54.6 Å². The third-order valence-electron chi connectivity index (χ3n) is 4.25. The maximum absolute atomic E-state index is 11.5. The van der Waals surface area contributed by atoms with E-state index in [9.17, 15) is 10.2 Å². The van der Waals surface area contributed by atoms with Crippen molar-refractivity contribution in [1.29, 1.82) is 0 Å². The molecule has 0 atom stereocenters. The highest BCUT2D eigenvalue weighted by atomic mass is 16.3. The van der Waals surface area contributed by atoms with Gasteiger partial charge in [-0.3, -0.25) is 0 Å². The first-order chi connectivity index (χ1) is 10.4. The molecule has 2 heteroatoms. The third-order valence-corrected chi connectivity index (χ3v) is 4.25. The molecule has 114 valence electrons. The summed E-state index contributed by atoms with van der Waals surface area (Å²) in [4.78, 5) is 0. The molecule has 2 nitrogen and oxygen atoms in total. The maximum atomic E-state index is 11.5. The molecule has 0 saturated carbocycles. The van der Waals surface area contributed by atoms with E-state index in [-0.39, 0.29) is 0 Å². The molecule has 0 bridgehead atoms. The summed E-state index contributed by atoms with van der Waals surface area (Å²) in [6, 6.07) is 16.0. The summed E-state index contributed by atoms with van der Waals surface area (Å²) in [6.45, 7) is 3.42. The van der Waals surface area contributed by atoms with Crippen LogP contribution in [0, 0.1) is 0 Å². The molecule has 1 aliphatic rings. The standard InChI is InChI=1S/C20H22O2/c1-19(2,21)13-14-20(22)17-9-5-3-7-15(17)11-12-16-8-4-6-10-18(16)20/h3-10,13-14,21-22H,11-12H2,1-2H3/b14-13+. The monoisotopic (exact) mass is 294 g/mol. The van der Waals surface area contributed by atoms with Crippen molar-refractivity contribution in [2.45, 2.75) is 37.9 Å². The molecule has 0 radical (unpaired) electrons. The fraction of sp³-hybridized carbons (Fsp3) is 0.300. The summed E-state index contributed by atoms with van der Waals surface area (Å²) in [5, 5.41) is 21.6. The van der Waals surface area contributed by atoms with Crippen molar-refractivity contribution in [3.05, 3.63) is 82.9 Å². The first-order valence-corrected chi connectivity index (χ1v) is 7.72. The lowest BCUT2D eigenvalue weighted by Gasteiger charge is -2.29. The fourth-order valence-corrected chi connectivity index (χ4v) is 3.14. The molecule has 22 heavy (non-hydrogen) atoms. The Balaban J connectivity index is 2.24. The number of benzene rings is 2. The minimum absolute atomic E-state index is 0.903. The van der Waals surface area contributed by atoms with Gasteiger partial charge in [0.1, 0.15) is 5.60 Å². The van der Waals surface area contributed by atoms with Gasteiger partial charge in [-0.05, 0) is 55.0 Å². The second kappa shape index (κ2) is 5.38. The average Bonchev–Trinajstić information content (AvgIpc) is 2.62. The molecule has 0 unspecified atom stereocenters. The van der Waals surface area contributed by atoms with Crippen molar-refractivity contribution in [1.82, 2.24) is 0 Å². The van der Waals surface area contributed by atoms with Gasteiger partial charge in [0.25, 0.3) is 0 Å². The Kier molecular flexibility index (Phi) is 3.67. The molecular weight excluding hydrogens is 272 g/mol. The van der Waals surface area contributed by atoms with Crippen LogP contribution in [0.4, 0.5) is 0 Å². The number of aryl methyl sites for hydroxylation is 2. The highest BCUT2D eigenvalue weighted by molar-refractivity contribution is 5.50. The van der Waals surface area contributed by atoms with Crippen molar-refractivity contribution in [2.75, 3.05) is 0 Å². The molecule has 2 aromatic rings. The molecule has 0 aromatic heterocycles. The fourth-order valence-electron chi connectivity index (χ4n) is 3.14. The molecule has 2 aromatic carbocycles. The van der Waals surface area contributed by atoms with Gasteiger partial charge in [-0.2, -0.15) is 0 Å². The van der Waals surface area contributed by atoms with E-state index >= 15 is 0 Å². The summed E-state index contributed by atoms with van der Waals surface area (Å²) in [5.74, 6) is 0. The zero-order valence-corrected chi connectivity index (χ0v) is 13.1. The van der Waals surface area contributed by atoms with E-state index in [0.29, 0.717) is 0 Å². The number of hydrogen-bond donors (Lipinski definition) is 2. The Labute approximate surface area is 131 Å². The van der Waals surface area contributed by atoms with E-state index in [2.05, 4.69) is 12.1 Å². The molecule has 0 spiro atoms. The molecule has 0 saturated heterocycles. The molecule has 0 amide bonds. The first kappa shape index (κ1) is 15.0. The number of hydrogen-bond acceptors (Lipinski definition) is 2. The predicted molar refractivity (Wildman–Crippen MR) is 88.7 cm³/mol. The van der Waals surface area contributed by atoms with E-state index in [1.54, 1.807) is 26.0 Å². The normalized spacial score (nSPS) is 16.9. The minimum atomic E-state index is -1.20. The SMILES string of the molecule is CC(C)(O)/C=C/C1(O)c2ccccc2CCc2ccccc21. The van der Waals surface area contributed by atoms with Gasteiger partial charge in [-0.15, -0.1) is 0 Å². The zero-order valence-electron chi connectivity index (χ0n) is 13.1. The van der Waals surface area contributed by atoms with Crippen LogP contribution >= 0.6 is 0 Å². The Morgan fingerprint density at radius 1 is 0.909 bits per heavy atom. The summed E-state index contributed by atoms with van der Waals surface area (Å²) in [6.07, 6.45) is 5.22. The van der Waals surface area contributed by atoms with Gasteiger partial charge in [0.15, 0.2) is 0 Å². The number of rotatable bonds is 2.